The van der Waals surface area contributed by atoms with Crippen molar-refractivity contribution < 1.29 is 14.3 Å². The Morgan fingerprint density at radius 1 is 1.08 bits per heavy atom. The molecule has 1 saturated heterocycles. The Kier molecular flexibility index (Phi) is 4.97. The largest absolute Gasteiger partial charge is 0.389 e. The number of aromatic nitrogens is 3. The quantitative estimate of drug-likeness (QED) is 0.381. The third-order valence-electron chi connectivity index (χ3n) is 8.06. The number of amides is 1. The van der Waals surface area contributed by atoms with Gasteiger partial charge >= 0.3 is 0 Å². The van der Waals surface area contributed by atoms with Crippen molar-refractivity contribution in [2.24, 2.45) is 5.92 Å². The number of carbonyl (C=O) groups is 1. The molecule has 5 heterocycles. The minimum absolute atomic E-state index is 0.146. The first-order chi connectivity index (χ1) is 18.0. The predicted octanol–water partition coefficient (Wildman–Crippen LogP) is 4.26. The van der Waals surface area contributed by atoms with Crippen molar-refractivity contribution in [2.45, 2.75) is 37.8 Å². The number of nitrogens with zero attached hydrogens (tertiary/aromatic N) is 4. The summed E-state index contributed by atoms with van der Waals surface area (Å²) in [7, 11) is 0. The number of imidazole rings is 1. The van der Waals surface area contributed by atoms with Crippen LogP contribution < -0.4 is 15.5 Å². The van der Waals surface area contributed by atoms with Gasteiger partial charge in [0.15, 0.2) is 0 Å². The number of halogens is 1. The van der Waals surface area contributed by atoms with Gasteiger partial charge in [0.2, 0.25) is 0 Å². The lowest BCUT2D eigenvalue weighted by Gasteiger charge is -2.39. The molecular weight excluding hydrogens is 471 g/mol. The van der Waals surface area contributed by atoms with Gasteiger partial charge in [0.1, 0.15) is 17.3 Å². The van der Waals surface area contributed by atoms with Crippen LogP contribution >= 0.6 is 0 Å². The van der Waals surface area contributed by atoms with E-state index in [2.05, 4.69) is 25.5 Å². The fraction of sp³-hybridized carbons (Fsp3) is 0.321. The summed E-state index contributed by atoms with van der Waals surface area (Å²) in [6, 6.07) is 10.6. The number of fused-ring (bicyclic) bond motifs is 2. The molecule has 0 unspecified atom stereocenters. The monoisotopic (exact) mass is 498 g/mol. The molecule has 9 heteroatoms. The molecular formula is C28H27FN6O2. The van der Waals surface area contributed by atoms with Gasteiger partial charge in [0, 0.05) is 37.5 Å². The Bertz CT molecular complexity index is 1520. The molecule has 0 spiro atoms. The van der Waals surface area contributed by atoms with Gasteiger partial charge in [-0.15, -0.1) is 0 Å². The van der Waals surface area contributed by atoms with Gasteiger partial charge in [-0.3, -0.25) is 9.20 Å². The zero-order valence-corrected chi connectivity index (χ0v) is 20.2. The summed E-state index contributed by atoms with van der Waals surface area (Å²) in [5.41, 5.74) is 4.86. The maximum absolute atomic E-state index is 13.6. The highest BCUT2D eigenvalue weighted by Gasteiger charge is 2.45. The van der Waals surface area contributed by atoms with Crippen molar-refractivity contribution in [3.05, 3.63) is 71.9 Å². The van der Waals surface area contributed by atoms with Gasteiger partial charge < -0.3 is 20.6 Å². The topological polar surface area (TPSA) is 94.8 Å². The molecule has 188 valence electrons. The first-order valence-electron chi connectivity index (χ1n) is 12.8. The van der Waals surface area contributed by atoms with E-state index in [1.54, 1.807) is 12.4 Å². The maximum Gasteiger partial charge on any atom is 0.254 e. The second-order valence-electron chi connectivity index (χ2n) is 10.3. The summed E-state index contributed by atoms with van der Waals surface area (Å²) in [5, 5.41) is 17.1. The Morgan fingerprint density at radius 3 is 2.68 bits per heavy atom. The molecule has 0 bridgehead atoms. The molecule has 3 N–H and O–H groups in total. The molecule has 8 nitrogen and oxygen atoms in total. The van der Waals surface area contributed by atoms with Crippen molar-refractivity contribution >= 4 is 28.7 Å². The second kappa shape index (κ2) is 8.27. The van der Waals surface area contributed by atoms with Crippen LogP contribution in [0.4, 0.5) is 21.6 Å². The molecule has 7 rings (SSSR count). The van der Waals surface area contributed by atoms with Gasteiger partial charge in [-0.05, 0) is 61.4 Å². The molecule has 3 aliphatic rings. The third kappa shape index (κ3) is 3.81. The Labute approximate surface area is 213 Å². The molecule has 2 aliphatic heterocycles. The first-order valence-corrected chi connectivity index (χ1v) is 12.8. The summed E-state index contributed by atoms with van der Waals surface area (Å²) < 4.78 is 15.5. The zero-order chi connectivity index (χ0) is 25.1. The van der Waals surface area contributed by atoms with Crippen LogP contribution in [0, 0.1) is 11.7 Å². The minimum Gasteiger partial charge on any atom is -0.389 e. The van der Waals surface area contributed by atoms with E-state index in [-0.39, 0.29) is 11.7 Å². The van der Waals surface area contributed by atoms with Crippen molar-refractivity contribution in [2.75, 3.05) is 23.3 Å². The van der Waals surface area contributed by atoms with E-state index in [9.17, 15) is 14.3 Å². The molecule has 1 aliphatic carbocycles. The standard InChI is InChI=1S/C28H27FN6O2/c29-18-7-10-35-23(16-31-25(35)13-18)20-4-5-22(26-21(20)15-32-27(26)36)33-24-6-3-19(14-30-24)34-11-8-28(37,9-12-34)17-1-2-17/h3-7,10,13-14,16-17,37H,1-2,8-9,11-12,15H2,(H,30,33)(H,32,36). The Hall–Kier alpha value is -3.98. The summed E-state index contributed by atoms with van der Waals surface area (Å²) in [6.07, 6.45) is 9.10. The van der Waals surface area contributed by atoms with Crippen LogP contribution in [0.5, 0.6) is 0 Å². The number of hydrogen-bond donors (Lipinski definition) is 3. The normalized spacial score (nSPS) is 18.6. The van der Waals surface area contributed by atoms with Crippen LogP contribution in [0.25, 0.3) is 16.9 Å². The van der Waals surface area contributed by atoms with Crippen molar-refractivity contribution in [1.29, 1.82) is 0 Å². The van der Waals surface area contributed by atoms with E-state index < -0.39 is 5.60 Å². The molecule has 1 amide bonds. The smallest absolute Gasteiger partial charge is 0.254 e. The molecule has 37 heavy (non-hydrogen) atoms. The fourth-order valence-corrected chi connectivity index (χ4v) is 5.81. The SMILES string of the molecule is O=C1NCc2c(-c3cnc4cc(F)ccn34)ccc(Nc3ccc(N4CCC(O)(C5CC5)CC4)cn3)c21. The number of carbonyl (C=O) groups excluding carboxylic acids is 1. The van der Waals surface area contributed by atoms with Gasteiger partial charge in [-0.25, -0.2) is 14.4 Å². The molecule has 1 aromatic carbocycles. The summed E-state index contributed by atoms with van der Waals surface area (Å²) in [6.45, 7) is 2.06. The van der Waals surface area contributed by atoms with Crippen LogP contribution in [0.2, 0.25) is 0 Å². The fourth-order valence-electron chi connectivity index (χ4n) is 5.81. The number of aliphatic hydroxyl groups is 1. The average molecular weight is 499 g/mol. The number of nitrogens with one attached hydrogen (secondary N) is 2. The van der Waals surface area contributed by atoms with Crippen LogP contribution in [0.3, 0.4) is 0 Å². The van der Waals surface area contributed by atoms with E-state index >= 15 is 0 Å². The third-order valence-corrected chi connectivity index (χ3v) is 8.06. The number of rotatable bonds is 5. The lowest BCUT2D eigenvalue weighted by Crippen LogP contribution is -2.45. The van der Waals surface area contributed by atoms with E-state index in [1.165, 1.54) is 12.1 Å². The summed E-state index contributed by atoms with van der Waals surface area (Å²) >= 11 is 0. The van der Waals surface area contributed by atoms with Gasteiger partial charge in [-0.1, -0.05) is 6.07 Å². The van der Waals surface area contributed by atoms with E-state index in [1.807, 2.05) is 34.9 Å². The van der Waals surface area contributed by atoms with Crippen LogP contribution in [0.1, 0.15) is 41.6 Å². The molecule has 3 aromatic heterocycles. The minimum atomic E-state index is -0.488. The number of anilines is 3. The number of pyridine rings is 2. The highest BCUT2D eigenvalue weighted by molar-refractivity contribution is 6.06. The van der Waals surface area contributed by atoms with Crippen LogP contribution in [-0.2, 0) is 6.54 Å². The predicted molar refractivity (Wildman–Crippen MR) is 138 cm³/mol. The lowest BCUT2D eigenvalue weighted by atomic mass is 9.86. The Balaban J connectivity index is 1.13. The second-order valence-corrected chi connectivity index (χ2v) is 10.3. The maximum atomic E-state index is 13.6. The van der Waals surface area contributed by atoms with Gasteiger partial charge in [0.25, 0.3) is 5.91 Å². The van der Waals surface area contributed by atoms with Gasteiger partial charge in [0.05, 0.1) is 40.6 Å². The molecule has 2 fully saturated rings. The van der Waals surface area contributed by atoms with E-state index in [0.29, 0.717) is 35.2 Å². The number of hydrogen-bond acceptors (Lipinski definition) is 6. The summed E-state index contributed by atoms with van der Waals surface area (Å²) in [5.74, 6) is 0.646. The molecule has 0 atom stereocenters. The van der Waals surface area contributed by atoms with Crippen LogP contribution in [0.15, 0.2) is 55.0 Å². The highest BCUT2D eigenvalue weighted by atomic mass is 19.1. The van der Waals surface area contributed by atoms with Crippen molar-refractivity contribution in [1.82, 2.24) is 19.7 Å². The van der Waals surface area contributed by atoms with E-state index in [4.69, 9.17) is 0 Å². The first kappa shape index (κ1) is 22.2. The average Bonchev–Trinajstić information content (AvgIpc) is 3.60. The van der Waals surface area contributed by atoms with Crippen LogP contribution in [-0.4, -0.2) is 44.1 Å². The lowest BCUT2D eigenvalue weighted by molar-refractivity contribution is -0.00532. The Morgan fingerprint density at radius 2 is 1.92 bits per heavy atom. The van der Waals surface area contributed by atoms with E-state index in [0.717, 1.165) is 61.3 Å². The summed E-state index contributed by atoms with van der Waals surface area (Å²) in [4.78, 5) is 24.0. The molecule has 4 aromatic rings. The van der Waals surface area contributed by atoms with Crippen molar-refractivity contribution in [3.63, 3.8) is 0 Å². The van der Waals surface area contributed by atoms with Crippen molar-refractivity contribution in [3.8, 4) is 11.3 Å². The molecule has 1 saturated carbocycles. The number of benzene rings is 1. The van der Waals surface area contributed by atoms with Gasteiger partial charge in [-0.2, -0.15) is 0 Å². The highest BCUT2D eigenvalue weighted by Crippen LogP contribution is 2.45. The number of piperidine rings is 1. The molecule has 0 radical (unpaired) electrons. The zero-order valence-electron chi connectivity index (χ0n) is 20.2.